The number of anilines is 1. The van der Waals surface area contributed by atoms with E-state index in [0.29, 0.717) is 16.6 Å². The molecule has 0 radical (unpaired) electrons. The number of halogens is 2. The fourth-order valence-electron chi connectivity index (χ4n) is 4.16. The second-order valence-electron chi connectivity index (χ2n) is 7.28. The van der Waals surface area contributed by atoms with Crippen LogP contribution in [0.3, 0.4) is 0 Å². The van der Waals surface area contributed by atoms with Crippen molar-refractivity contribution in [3.63, 3.8) is 0 Å². The van der Waals surface area contributed by atoms with E-state index in [4.69, 9.17) is 5.73 Å². The molecule has 1 atom stereocenters. The molecule has 0 saturated heterocycles. The minimum atomic E-state index is -0.616. The van der Waals surface area contributed by atoms with Gasteiger partial charge in [-0.1, -0.05) is 22.0 Å². The first-order chi connectivity index (χ1) is 13.9. The Morgan fingerprint density at radius 1 is 1.31 bits per heavy atom. The molecule has 6 nitrogen and oxygen atoms in total. The molecule has 1 aliphatic carbocycles. The summed E-state index contributed by atoms with van der Waals surface area (Å²) in [7, 11) is 1.72. The van der Waals surface area contributed by atoms with Crippen molar-refractivity contribution in [1.82, 2.24) is 19.3 Å². The van der Waals surface area contributed by atoms with Crippen molar-refractivity contribution in [1.29, 1.82) is 0 Å². The lowest BCUT2D eigenvalue weighted by atomic mass is 10.1. The van der Waals surface area contributed by atoms with Gasteiger partial charge in [0, 0.05) is 17.6 Å². The highest BCUT2D eigenvalue weighted by Crippen LogP contribution is 2.37. The van der Waals surface area contributed by atoms with Gasteiger partial charge in [0.25, 0.3) is 5.91 Å². The lowest BCUT2D eigenvalue weighted by Gasteiger charge is -2.26. The fraction of sp³-hybridized carbons (Fsp3) is 0.190. The van der Waals surface area contributed by atoms with Crippen molar-refractivity contribution < 1.29 is 9.18 Å². The maximum atomic E-state index is 14.9. The van der Waals surface area contributed by atoms with E-state index in [9.17, 15) is 9.18 Å². The monoisotopic (exact) mass is 453 g/mol. The first kappa shape index (κ1) is 18.1. The summed E-state index contributed by atoms with van der Waals surface area (Å²) in [5.74, 6) is -0.718. The minimum absolute atomic E-state index is 0.00660. The summed E-state index contributed by atoms with van der Waals surface area (Å²) in [6.45, 7) is 0. The molecular formula is C21H17BrFN5O. The smallest absolute Gasteiger partial charge is 0.257 e. The van der Waals surface area contributed by atoms with Crippen LogP contribution >= 0.6 is 15.9 Å². The van der Waals surface area contributed by atoms with E-state index in [0.717, 1.165) is 22.9 Å². The topological polar surface area (TPSA) is 76.5 Å². The Kier molecular flexibility index (Phi) is 4.06. The number of benzene rings is 2. The Bertz CT molecular complexity index is 1300. The van der Waals surface area contributed by atoms with Gasteiger partial charge in [-0.25, -0.2) is 14.4 Å². The molecule has 0 fully saturated rings. The van der Waals surface area contributed by atoms with Crippen LogP contribution in [-0.4, -0.2) is 32.2 Å². The van der Waals surface area contributed by atoms with Gasteiger partial charge in [-0.3, -0.25) is 9.20 Å². The first-order valence-corrected chi connectivity index (χ1v) is 9.99. The Morgan fingerprint density at radius 3 is 2.97 bits per heavy atom. The Hall–Kier alpha value is -3.00. The Morgan fingerprint density at radius 2 is 2.14 bits per heavy atom. The van der Waals surface area contributed by atoms with Gasteiger partial charge < -0.3 is 10.6 Å². The van der Waals surface area contributed by atoms with E-state index in [1.165, 1.54) is 17.7 Å². The lowest BCUT2D eigenvalue weighted by molar-refractivity contribution is 0.0726. The molecular weight excluding hydrogens is 437 g/mol. The number of fused-ring (bicyclic) bond motifs is 4. The zero-order valence-electron chi connectivity index (χ0n) is 15.6. The molecule has 2 aromatic carbocycles. The normalized spacial score (nSPS) is 15.8. The maximum absolute atomic E-state index is 14.9. The van der Waals surface area contributed by atoms with Crippen LogP contribution in [0.5, 0.6) is 0 Å². The number of amides is 1. The zero-order chi connectivity index (χ0) is 20.3. The molecule has 0 spiro atoms. The number of nitrogen functional groups attached to an aromatic ring is 1. The summed E-state index contributed by atoms with van der Waals surface area (Å²) in [4.78, 5) is 23.2. The number of imidazole rings is 1. The van der Waals surface area contributed by atoms with Crippen molar-refractivity contribution in [3.05, 3.63) is 69.8 Å². The molecule has 2 aromatic heterocycles. The molecule has 5 rings (SSSR count). The number of hydrogen-bond donors (Lipinski definition) is 1. The van der Waals surface area contributed by atoms with Crippen LogP contribution in [0.15, 0.2) is 47.3 Å². The molecule has 146 valence electrons. The summed E-state index contributed by atoms with van der Waals surface area (Å²) in [6.07, 6.45) is 4.87. The van der Waals surface area contributed by atoms with Crippen LogP contribution in [0, 0.1) is 5.82 Å². The molecule has 8 heteroatoms. The highest BCUT2D eigenvalue weighted by Gasteiger charge is 2.30. The molecule has 4 aromatic rings. The van der Waals surface area contributed by atoms with E-state index in [-0.39, 0.29) is 23.3 Å². The van der Waals surface area contributed by atoms with E-state index < -0.39 is 5.82 Å². The summed E-state index contributed by atoms with van der Waals surface area (Å²) >= 11 is 3.49. The van der Waals surface area contributed by atoms with Crippen LogP contribution in [0.4, 0.5) is 10.2 Å². The average molecular weight is 454 g/mol. The van der Waals surface area contributed by atoms with Gasteiger partial charge in [-0.05, 0) is 42.2 Å². The van der Waals surface area contributed by atoms with E-state index in [2.05, 4.69) is 32.0 Å². The SMILES string of the molecule is CN(C(=O)c1cc2c(cc1F)nc(N)c1cncn12)C1CCc2cc(Br)ccc21. The fourth-order valence-corrected chi connectivity index (χ4v) is 4.57. The van der Waals surface area contributed by atoms with Crippen LogP contribution in [0.2, 0.25) is 0 Å². The zero-order valence-corrected chi connectivity index (χ0v) is 17.1. The van der Waals surface area contributed by atoms with Gasteiger partial charge in [0.15, 0.2) is 0 Å². The summed E-state index contributed by atoms with van der Waals surface area (Å²) in [5.41, 5.74) is 9.83. The molecule has 1 amide bonds. The van der Waals surface area contributed by atoms with Gasteiger partial charge in [0.1, 0.15) is 17.2 Å². The molecule has 0 saturated carbocycles. The second kappa shape index (κ2) is 6.52. The Balaban J connectivity index is 1.58. The van der Waals surface area contributed by atoms with Gasteiger partial charge >= 0.3 is 0 Å². The van der Waals surface area contributed by atoms with Crippen LogP contribution in [0.1, 0.15) is 33.9 Å². The van der Waals surface area contributed by atoms with E-state index in [1.54, 1.807) is 28.9 Å². The van der Waals surface area contributed by atoms with Crippen LogP contribution in [-0.2, 0) is 6.42 Å². The highest BCUT2D eigenvalue weighted by atomic mass is 79.9. The number of carbonyl (C=O) groups is 1. The second-order valence-corrected chi connectivity index (χ2v) is 8.20. The van der Waals surface area contributed by atoms with Crippen molar-refractivity contribution in [3.8, 4) is 0 Å². The highest BCUT2D eigenvalue weighted by molar-refractivity contribution is 9.10. The Labute approximate surface area is 174 Å². The molecule has 2 N–H and O–H groups in total. The summed E-state index contributed by atoms with van der Waals surface area (Å²) in [5, 5.41) is 0. The molecule has 0 bridgehead atoms. The molecule has 0 aliphatic heterocycles. The quantitative estimate of drug-likeness (QED) is 0.495. The van der Waals surface area contributed by atoms with E-state index >= 15 is 0 Å². The number of rotatable bonds is 2. The molecule has 1 aliphatic rings. The van der Waals surface area contributed by atoms with E-state index in [1.807, 2.05) is 12.1 Å². The average Bonchev–Trinajstić information content (AvgIpc) is 3.34. The number of aromatic nitrogens is 3. The molecule has 1 unspecified atom stereocenters. The van der Waals surface area contributed by atoms with Gasteiger partial charge in [0.05, 0.1) is 35.2 Å². The third-order valence-electron chi connectivity index (χ3n) is 5.63. The standard InChI is InChI=1S/C21H17BrFN5O/c1-27(17-5-2-11-6-12(22)3-4-13(11)17)21(29)14-7-18-16(8-15(14)23)26-20(24)19-9-25-10-28(18)19/h3-4,6-10,17H,2,5H2,1H3,(H2,24,26). The third-order valence-corrected chi connectivity index (χ3v) is 6.13. The predicted molar refractivity (Wildman–Crippen MR) is 112 cm³/mol. The first-order valence-electron chi connectivity index (χ1n) is 9.20. The van der Waals surface area contributed by atoms with Crippen LogP contribution < -0.4 is 5.73 Å². The van der Waals surface area contributed by atoms with Crippen molar-refractivity contribution >= 4 is 44.2 Å². The van der Waals surface area contributed by atoms with Crippen LogP contribution in [0.25, 0.3) is 16.6 Å². The largest absolute Gasteiger partial charge is 0.382 e. The minimum Gasteiger partial charge on any atom is -0.382 e. The van der Waals surface area contributed by atoms with Crippen molar-refractivity contribution in [2.24, 2.45) is 0 Å². The number of aryl methyl sites for hydroxylation is 1. The number of nitrogens with zero attached hydrogens (tertiary/aromatic N) is 4. The summed E-state index contributed by atoms with van der Waals surface area (Å²) < 4.78 is 17.6. The number of carbonyl (C=O) groups excluding carboxylic acids is 1. The van der Waals surface area contributed by atoms with Crippen molar-refractivity contribution in [2.45, 2.75) is 18.9 Å². The molecule has 2 heterocycles. The summed E-state index contributed by atoms with van der Waals surface area (Å²) in [6, 6.07) is 8.78. The molecule has 29 heavy (non-hydrogen) atoms. The predicted octanol–water partition coefficient (Wildman–Crippen LogP) is 4.13. The lowest BCUT2D eigenvalue weighted by Crippen LogP contribution is -2.30. The van der Waals surface area contributed by atoms with Gasteiger partial charge in [-0.15, -0.1) is 0 Å². The number of nitrogens with two attached hydrogens (primary N) is 1. The van der Waals surface area contributed by atoms with Crippen molar-refractivity contribution in [2.75, 3.05) is 12.8 Å². The third kappa shape index (κ3) is 2.78. The number of hydrogen-bond acceptors (Lipinski definition) is 4. The maximum Gasteiger partial charge on any atom is 0.257 e. The van der Waals surface area contributed by atoms with Gasteiger partial charge in [0.2, 0.25) is 0 Å². The van der Waals surface area contributed by atoms with Gasteiger partial charge in [-0.2, -0.15) is 0 Å².